The van der Waals surface area contributed by atoms with Gasteiger partial charge in [-0.2, -0.15) is 0 Å². The highest BCUT2D eigenvalue weighted by Crippen LogP contribution is 2.36. The number of rotatable bonds is 6. The molecule has 0 bridgehead atoms. The third-order valence-electron chi connectivity index (χ3n) is 4.24. The zero-order valence-corrected chi connectivity index (χ0v) is 14.1. The second kappa shape index (κ2) is 7.01. The van der Waals surface area contributed by atoms with E-state index < -0.39 is 15.7 Å². The molecule has 1 aliphatic rings. The van der Waals surface area contributed by atoms with E-state index in [1.165, 1.54) is 24.3 Å². The molecule has 0 amide bonds. The van der Waals surface area contributed by atoms with Crippen molar-refractivity contribution in [2.75, 3.05) is 13.2 Å². The Morgan fingerprint density at radius 3 is 2.75 bits per heavy atom. The van der Waals surface area contributed by atoms with Crippen molar-refractivity contribution in [2.24, 2.45) is 5.73 Å². The van der Waals surface area contributed by atoms with Crippen LogP contribution in [0.5, 0.6) is 0 Å². The Morgan fingerprint density at radius 1 is 1.21 bits per heavy atom. The molecule has 2 aromatic carbocycles. The summed E-state index contributed by atoms with van der Waals surface area (Å²) in [7, 11) is -3.86. The van der Waals surface area contributed by atoms with Crippen LogP contribution in [0.15, 0.2) is 52.3 Å². The van der Waals surface area contributed by atoms with Gasteiger partial charge in [0.1, 0.15) is 10.7 Å². The molecule has 128 valence electrons. The highest BCUT2D eigenvalue weighted by Gasteiger charge is 2.27. The first-order valence-electron chi connectivity index (χ1n) is 7.98. The number of benzene rings is 2. The van der Waals surface area contributed by atoms with Crippen LogP contribution in [0.1, 0.15) is 30.1 Å². The van der Waals surface area contributed by atoms with Crippen molar-refractivity contribution in [2.45, 2.75) is 35.2 Å². The Balaban J connectivity index is 1.89. The van der Waals surface area contributed by atoms with E-state index in [9.17, 15) is 12.8 Å². The van der Waals surface area contributed by atoms with Crippen LogP contribution in [0.25, 0.3) is 0 Å². The Hall–Kier alpha value is -1.76. The van der Waals surface area contributed by atoms with Crippen LogP contribution >= 0.6 is 0 Å². The maximum atomic E-state index is 13.9. The standard InChI is InChI=1S/C18H20FNO3S/c19-16-4-1-2-5-18(16)24(21,22)14-7-8-15-13(12-14)6-9-17(15)23-11-3-10-20/h1-2,4-5,7-8,12,17H,3,6,9-11,20H2. The van der Waals surface area contributed by atoms with Gasteiger partial charge >= 0.3 is 0 Å². The highest BCUT2D eigenvalue weighted by molar-refractivity contribution is 7.91. The van der Waals surface area contributed by atoms with Crippen molar-refractivity contribution < 1.29 is 17.5 Å². The molecule has 0 heterocycles. The van der Waals surface area contributed by atoms with E-state index in [4.69, 9.17) is 10.5 Å². The first-order chi connectivity index (χ1) is 11.5. The average Bonchev–Trinajstić information content (AvgIpc) is 2.98. The van der Waals surface area contributed by atoms with Gasteiger partial charge < -0.3 is 10.5 Å². The van der Waals surface area contributed by atoms with E-state index in [2.05, 4.69) is 0 Å². The van der Waals surface area contributed by atoms with E-state index >= 15 is 0 Å². The van der Waals surface area contributed by atoms with Gasteiger partial charge in [-0.05, 0) is 61.2 Å². The van der Waals surface area contributed by atoms with E-state index in [-0.39, 0.29) is 15.9 Å². The van der Waals surface area contributed by atoms with Crippen molar-refractivity contribution in [3.8, 4) is 0 Å². The van der Waals surface area contributed by atoms with Gasteiger partial charge in [0, 0.05) is 6.61 Å². The molecule has 0 saturated heterocycles. The van der Waals surface area contributed by atoms with E-state index in [0.29, 0.717) is 13.2 Å². The SMILES string of the molecule is NCCCOC1CCc2cc(S(=O)(=O)c3ccccc3F)ccc21. The number of nitrogens with two attached hydrogens (primary N) is 1. The Morgan fingerprint density at radius 2 is 2.00 bits per heavy atom. The van der Waals surface area contributed by atoms with Gasteiger partial charge in [-0.1, -0.05) is 18.2 Å². The molecule has 1 atom stereocenters. The molecule has 4 nitrogen and oxygen atoms in total. The summed E-state index contributed by atoms with van der Waals surface area (Å²) in [6, 6.07) is 10.4. The molecule has 0 spiro atoms. The zero-order chi connectivity index (χ0) is 17.2. The molecule has 0 aliphatic heterocycles. The third-order valence-corrected chi connectivity index (χ3v) is 6.03. The molecule has 2 aromatic rings. The van der Waals surface area contributed by atoms with E-state index in [1.807, 2.05) is 0 Å². The molecule has 2 N–H and O–H groups in total. The number of sulfone groups is 1. The van der Waals surface area contributed by atoms with Gasteiger partial charge in [0.2, 0.25) is 9.84 Å². The number of hydrogen-bond donors (Lipinski definition) is 1. The summed E-state index contributed by atoms with van der Waals surface area (Å²) in [5, 5.41) is 0. The zero-order valence-electron chi connectivity index (χ0n) is 13.2. The lowest BCUT2D eigenvalue weighted by atomic mass is 10.1. The summed E-state index contributed by atoms with van der Waals surface area (Å²) in [6.45, 7) is 1.18. The number of fused-ring (bicyclic) bond motifs is 1. The number of halogens is 1. The monoisotopic (exact) mass is 349 g/mol. The first-order valence-corrected chi connectivity index (χ1v) is 9.46. The lowest BCUT2D eigenvalue weighted by Crippen LogP contribution is -2.08. The highest BCUT2D eigenvalue weighted by atomic mass is 32.2. The van der Waals surface area contributed by atoms with Crippen LogP contribution in [-0.4, -0.2) is 21.6 Å². The second-order valence-electron chi connectivity index (χ2n) is 5.83. The Kier molecular flexibility index (Phi) is 4.99. The van der Waals surface area contributed by atoms with Crippen LogP contribution in [0, 0.1) is 5.82 Å². The summed E-state index contributed by atoms with van der Waals surface area (Å²) in [4.78, 5) is -0.173. The van der Waals surface area contributed by atoms with E-state index in [0.717, 1.165) is 36.5 Å². The van der Waals surface area contributed by atoms with Crippen LogP contribution < -0.4 is 5.73 Å². The number of aryl methyl sites for hydroxylation is 1. The quantitative estimate of drug-likeness (QED) is 0.814. The molecule has 0 saturated carbocycles. The molecular weight excluding hydrogens is 329 g/mol. The maximum Gasteiger partial charge on any atom is 0.209 e. The van der Waals surface area contributed by atoms with Crippen molar-refractivity contribution in [1.82, 2.24) is 0 Å². The molecule has 0 fully saturated rings. The first kappa shape index (κ1) is 17.1. The second-order valence-corrected chi connectivity index (χ2v) is 7.75. The number of ether oxygens (including phenoxy) is 1. The van der Waals surface area contributed by atoms with Gasteiger partial charge in [-0.3, -0.25) is 0 Å². The van der Waals surface area contributed by atoms with Crippen molar-refractivity contribution >= 4 is 9.84 Å². The summed E-state index contributed by atoms with van der Waals surface area (Å²) >= 11 is 0. The summed E-state index contributed by atoms with van der Waals surface area (Å²) in [5.41, 5.74) is 7.43. The van der Waals surface area contributed by atoms with Gasteiger partial charge in [-0.25, -0.2) is 12.8 Å². The minimum absolute atomic E-state index is 0.0169. The summed E-state index contributed by atoms with van der Waals surface area (Å²) < 4.78 is 45.0. The fourth-order valence-electron chi connectivity index (χ4n) is 2.99. The fraction of sp³-hybridized carbons (Fsp3) is 0.333. The normalized spacial score (nSPS) is 17.0. The molecule has 24 heavy (non-hydrogen) atoms. The molecular formula is C18H20FNO3S. The lowest BCUT2D eigenvalue weighted by molar-refractivity contribution is 0.0534. The van der Waals surface area contributed by atoms with Crippen molar-refractivity contribution in [3.05, 3.63) is 59.4 Å². The van der Waals surface area contributed by atoms with Gasteiger partial charge in [0.25, 0.3) is 0 Å². The van der Waals surface area contributed by atoms with Crippen LogP contribution in [0.3, 0.4) is 0 Å². The maximum absolute atomic E-state index is 13.9. The molecule has 0 radical (unpaired) electrons. The molecule has 0 aromatic heterocycles. The Bertz CT molecular complexity index is 836. The minimum atomic E-state index is -3.86. The van der Waals surface area contributed by atoms with Gasteiger partial charge in [0.15, 0.2) is 0 Å². The number of hydrogen-bond acceptors (Lipinski definition) is 4. The predicted molar refractivity (Wildman–Crippen MR) is 89.0 cm³/mol. The lowest BCUT2D eigenvalue weighted by Gasteiger charge is -2.13. The van der Waals surface area contributed by atoms with Gasteiger partial charge in [0.05, 0.1) is 11.0 Å². The summed E-state index contributed by atoms with van der Waals surface area (Å²) in [6.07, 6.45) is 2.36. The summed E-state index contributed by atoms with van der Waals surface area (Å²) in [5.74, 6) is -0.735. The van der Waals surface area contributed by atoms with Crippen molar-refractivity contribution in [3.63, 3.8) is 0 Å². The van der Waals surface area contributed by atoms with Crippen molar-refractivity contribution in [1.29, 1.82) is 0 Å². The topological polar surface area (TPSA) is 69.4 Å². The van der Waals surface area contributed by atoms with Crippen LogP contribution in [0.2, 0.25) is 0 Å². The van der Waals surface area contributed by atoms with E-state index in [1.54, 1.807) is 12.1 Å². The molecule has 1 aliphatic carbocycles. The molecule has 6 heteroatoms. The largest absolute Gasteiger partial charge is 0.373 e. The Labute approximate surface area is 141 Å². The molecule has 1 unspecified atom stereocenters. The molecule has 3 rings (SSSR count). The minimum Gasteiger partial charge on any atom is -0.373 e. The smallest absolute Gasteiger partial charge is 0.209 e. The van der Waals surface area contributed by atoms with Crippen LogP contribution in [-0.2, 0) is 21.0 Å². The third kappa shape index (κ3) is 3.22. The predicted octanol–water partition coefficient (Wildman–Crippen LogP) is 3.01. The fourth-order valence-corrected chi connectivity index (χ4v) is 4.37. The van der Waals surface area contributed by atoms with Gasteiger partial charge in [-0.15, -0.1) is 0 Å². The van der Waals surface area contributed by atoms with Crippen LogP contribution in [0.4, 0.5) is 4.39 Å². The average molecular weight is 349 g/mol.